The normalized spacial score (nSPS) is 22.7. The highest BCUT2D eigenvalue weighted by Gasteiger charge is 2.53. The molecule has 2 heterocycles. The Labute approximate surface area is 148 Å². The van der Waals surface area contributed by atoms with E-state index in [0.717, 1.165) is 39.3 Å². The van der Waals surface area contributed by atoms with Crippen molar-refractivity contribution < 1.29 is 14.3 Å². The number of likely N-dealkylation sites (tertiary alicyclic amines) is 2. The fraction of sp³-hybridized carbons (Fsp3) is 0.611. The number of hydrogen-bond acceptors (Lipinski definition) is 4. The summed E-state index contributed by atoms with van der Waals surface area (Å²) in [5.74, 6) is 1.18. The van der Waals surface area contributed by atoms with E-state index in [2.05, 4.69) is 11.9 Å². The number of methoxy groups -OCH3 is 1. The van der Waals surface area contributed by atoms with E-state index < -0.39 is 0 Å². The van der Waals surface area contributed by atoms with Crippen molar-refractivity contribution in [2.24, 2.45) is 5.92 Å². The quantitative estimate of drug-likeness (QED) is 0.816. The zero-order valence-electron chi connectivity index (χ0n) is 14.5. The van der Waals surface area contributed by atoms with E-state index in [0.29, 0.717) is 22.3 Å². The lowest BCUT2D eigenvalue weighted by atomic mass is 9.84. The predicted octanol–water partition coefficient (Wildman–Crippen LogP) is 2.53. The van der Waals surface area contributed by atoms with Crippen LogP contribution in [0.5, 0.6) is 5.75 Å². The standard InChI is InChI=1S/C18H25ClN2O3/c1-4-24-10-13-8-18(20(2)9-13)11-21(12-18)17(22)14-5-6-16(23-3)15(19)7-14/h5-7,13H,4,8-12H2,1-3H3/t13-/m0/s1. The number of benzene rings is 1. The van der Waals surface area contributed by atoms with E-state index in [9.17, 15) is 4.79 Å². The number of nitrogens with zero attached hydrogens (tertiary/aromatic N) is 2. The fourth-order valence-electron chi connectivity index (χ4n) is 3.90. The van der Waals surface area contributed by atoms with E-state index >= 15 is 0 Å². The first-order chi connectivity index (χ1) is 11.5. The van der Waals surface area contributed by atoms with Gasteiger partial charge in [-0.1, -0.05) is 11.6 Å². The van der Waals surface area contributed by atoms with Crippen LogP contribution in [0.1, 0.15) is 23.7 Å². The molecule has 5 nitrogen and oxygen atoms in total. The Hall–Kier alpha value is -1.30. The SMILES string of the molecule is CCOC[C@@H]1CN(C)C2(C1)CN(C(=O)c1ccc(OC)c(Cl)c1)C2. The summed E-state index contributed by atoms with van der Waals surface area (Å²) in [5, 5.41) is 0.466. The molecule has 0 N–H and O–H groups in total. The molecule has 24 heavy (non-hydrogen) atoms. The number of likely N-dealkylation sites (N-methyl/N-ethyl adjacent to an activating group) is 1. The second-order valence-electron chi connectivity index (χ2n) is 6.85. The Morgan fingerprint density at radius 3 is 2.79 bits per heavy atom. The highest BCUT2D eigenvalue weighted by Crippen LogP contribution is 2.40. The largest absolute Gasteiger partial charge is 0.495 e. The molecule has 1 spiro atoms. The van der Waals surface area contributed by atoms with Crippen molar-refractivity contribution in [2.75, 3.05) is 47.0 Å². The zero-order valence-corrected chi connectivity index (χ0v) is 15.3. The minimum atomic E-state index is 0.0341. The van der Waals surface area contributed by atoms with Crippen LogP contribution in [0.3, 0.4) is 0 Å². The summed E-state index contributed by atoms with van der Waals surface area (Å²) in [7, 11) is 3.72. The van der Waals surface area contributed by atoms with Gasteiger partial charge in [-0.05, 0) is 44.5 Å². The van der Waals surface area contributed by atoms with Gasteiger partial charge in [0.05, 0.1) is 24.3 Å². The van der Waals surface area contributed by atoms with Gasteiger partial charge in [0.15, 0.2) is 0 Å². The van der Waals surface area contributed by atoms with E-state index in [1.54, 1.807) is 25.3 Å². The average molecular weight is 353 g/mol. The summed E-state index contributed by atoms with van der Waals surface area (Å²) in [4.78, 5) is 17.0. The van der Waals surface area contributed by atoms with Crippen LogP contribution in [0.2, 0.25) is 5.02 Å². The minimum absolute atomic E-state index is 0.0341. The third-order valence-corrected chi connectivity index (χ3v) is 5.52. The smallest absolute Gasteiger partial charge is 0.254 e. The van der Waals surface area contributed by atoms with Gasteiger partial charge in [-0.25, -0.2) is 0 Å². The Kier molecular flexibility index (Phi) is 5.04. The number of rotatable bonds is 5. The minimum Gasteiger partial charge on any atom is -0.495 e. The molecule has 0 radical (unpaired) electrons. The van der Waals surface area contributed by atoms with Gasteiger partial charge in [0.1, 0.15) is 5.75 Å². The Morgan fingerprint density at radius 2 is 2.17 bits per heavy atom. The monoisotopic (exact) mass is 352 g/mol. The molecule has 2 fully saturated rings. The first-order valence-corrected chi connectivity index (χ1v) is 8.78. The van der Waals surface area contributed by atoms with Crippen molar-refractivity contribution in [3.8, 4) is 5.75 Å². The maximum atomic E-state index is 12.7. The van der Waals surface area contributed by atoms with Gasteiger partial charge in [-0.2, -0.15) is 0 Å². The van der Waals surface area contributed by atoms with Crippen molar-refractivity contribution in [1.82, 2.24) is 9.80 Å². The number of carbonyl (C=O) groups excluding carboxylic acids is 1. The van der Waals surface area contributed by atoms with Crippen LogP contribution < -0.4 is 4.74 Å². The van der Waals surface area contributed by atoms with Crippen molar-refractivity contribution in [2.45, 2.75) is 18.9 Å². The molecular formula is C18H25ClN2O3. The molecule has 2 saturated heterocycles. The Balaban J connectivity index is 1.61. The van der Waals surface area contributed by atoms with E-state index in [-0.39, 0.29) is 11.4 Å². The molecule has 1 amide bonds. The number of amides is 1. The molecule has 0 aromatic heterocycles. The lowest BCUT2D eigenvalue weighted by Gasteiger charge is -2.52. The lowest BCUT2D eigenvalue weighted by molar-refractivity contribution is -0.00794. The Bertz CT molecular complexity index is 616. The summed E-state index contributed by atoms with van der Waals surface area (Å²) in [6, 6.07) is 5.20. The second kappa shape index (κ2) is 6.90. The van der Waals surface area contributed by atoms with Crippen molar-refractivity contribution in [3.05, 3.63) is 28.8 Å². The fourth-order valence-corrected chi connectivity index (χ4v) is 4.15. The predicted molar refractivity (Wildman–Crippen MR) is 93.9 cm³/mol. The molecule has 2 aliphatic rings. The van der Waals surface area contributed by atoms with Crippen LogP contribution in [0.15, 0.2) is 18.2 Å². The molecule has 0 aliphatic carbocycles. The summed E-state index contributed by atoms with van der Waals surface area (Å²) >= 11 is 6.13. The van der Waals surface area contributed by atoms with Gasteiger partial charge in [0, 0.05) is 31.8 Å². The van der Waals surface area contributed by atoms with Crippen LogP contribution in [0.4, 0.5) is 0 Å². The topological polar surface area (TPSA) is 42.0 Å². The highest BCUT2D eigenvalue weighted by molar-refractivity contribution is 6.32. The average Bonchev–Trinajstić information content (AvgIpc) is 2.87. The molecule has 0 saturated carbocycles. The van der Waals surface area contributed by atoms with Crippen molar-refractivity contribution in [3.63, 3.8) is 0 Å². The molecule has 1 atom stereocenters. The summed E-state index contributed by atoms with van der Waals surface area (Å²) in [5.41, 5.74) is 0.732. The molecule has 0 bridgehead atoms. The van der Waals surface area contributed by atoms with Gasteiger partial charge >= 0.3 is 0 Å². The molecule has 1 aromatic rings. The first-order valence-electron chi connectivity index (χ1n) is 8.41. The van der Waals surface area contributed by atoms with Gasteiger partial charge in [-0.3, -0.25) is 9.69 Å². The third kappa shape index (κ3) is 3.13. The van der Waals surface area contributed by atoms with Crippen LogP contribution in [-0.4, -0.2) is 68.3 Å². The van der Waals surface area contributed by atoms with Gasteiger partial charge in [0.25, 0.3) is 5.91 Å². The third-order valence-electron chi connectivity index (χ3n) is 5.22. The van der Waals surface area contributed by atoms with Crippen molar-refractivity contribution >= 4 is 17.5 Å². The maximum absolute atomic E-state index is 12.7. The molecule has 6 heteroatoms. The summed E-state index contributed by atoms with van der Waals surface area (Å²) < 4.78 is 10.7. The number of carbonyl (C=O) groups is 1. The van der Waals surface area contributed by atoms with Gasteiger partial charge in [-0.15, -0.1) is 0 Å². The summed E-state index contributed by atoms with van der Waals surface area (Å²) in [6.45, 7) is 6.18. The molecule has 3 rings (SSSR count). The van der Waals surface area contributed by atoms with Crippen LogP contribution in [0, 0.1) is 5.92 Å². The molecule has 132 valence electrons. The van der Waals surface area contributed by atoms with Crippen molar-refractivity contribution in [1.29, 1.82) is 0 Å². The van der Waals surface area contributed by atoms with Crippen LogP contribution in [-0.2, 0) is 4.74 Å². The van der Waals surface area contributed by atoms with E-state index in [4.69, 9.17) is 21.1 Å². The maximum Gasteiger partial charge on any atom is 0.254 e. The van der Waals surface area contributed by atoms with Gasteiger partial charge in [0.2, 0.25) is 0 Å². The molecule has 2 aliphatic heterocycles. The van der Waals surface area contributed by atoms with Crippen LogP contribution in [0.25, 0.3) is 0 Å². The second-order valence-corrected chi connectivity index (χ2v) is 7.25. The van der Waals surface area contributed by atoms with E-state index in [1.807, 2.05) is 11.8 Å². The lowest BCUT2D eigenvalue weighted by Crippen LogP contribution is -2.68. The molecular weight excluding hydrogens is 328 g/mol. The first kappa shape index (κ1) is 17.5. The van der Waals surface area contributed by atoms with Crippen LogP contribution >= 0.6 is 11.6 Å². The Morgan fingerprint density at radius 1 is 1.42 bits per heavy atom. The summed E-state index contributed by atoms with van der Waals surface area (Å²) in [6.07, 6.45) is 1.09. The molecule has 0 unspecified atom stereocenters. The number of ether oxygens (including phenoxy) is 2. The van der Waals surface area contributed by atoms with E-state index in [1.165, 1.54) is 0 Å². The molecule has 1 aromatic carbocycles. The number of hydrogen-bond donors (Lipinski definition) is 0. The number of halogens is 1. The van der Waals surface area contributed by atoms with Gasteiger partial charge < -0.3 is 14.4 Å². The zero-order chi connectivity index (χ0) is 17.3. The highest BCUT2D eigenvalue weighted by atomic mass is 35.5.